The van der Waals surface area contributed by atoms with Gasteiger partial charge in [0.1, 0.15) is 12.1 Å². The van der Waals surface area contributed by atoms with Crippen molar-refractivity contribution >= 4 is 10.0 Å². The van der Waals surface area contributed by atoms with Crippen LogP contribution in [0.5, 0.6) is 0 Å². The maximum absolute atomic E-state index is 11.0. The molecule has 2 aromatic heterocycles. The van der Waals surface area contributed by atoms with Gasteiger partial charge in [0.25, 0.3) is 10.0 Å². The Balaban J connectivity index is 1.78. The molecule has 19 heavy (non-hydrogen) atoms. The maximum atomic E-state index is 11.0. The summed E-state index contributed by atoms with van der Waals surface area (Å²) in [5, 5.41) is 12.0. The fourth-order valence-corrected chi connectivity index (χ4v) is 2.00. The Hall–Kier alpha value is -1.71. The lowest BCUT2D eigenvalue weighted by Crippen LogP contribution is -2.17. The summed E-state index contributed by atoms with van der Waals surface area (Å²) >= 11 is 0. The van der Waals surface area contributed by atoms with E-state index in [1.165, 1.54) is 6.07 Å². The normalized spacial score (nSPS) is 11.9. The molecule has 0 atom stereocenters. The lowest BCUT2D eigenvalue weighted by molar-refractivity contribution is 0.403. The molecule has 0 aliphatic rings. The van der Waals surface area contributed by atoms with Crippen LogP contribution in [0, 0.1) is 0 Å². The standard InChI is InChI=1S/C10H15N5O3S/c1-15-7-13-9(14-15)4-5-12-6-8-2-3-10(18-8)19(11,16)17/h2-3,7,12H,4-6H2,1H3,(H2,11,16,17). The van der Waals surface area contributed by atoms with Crippen molar-refractivity contribution in [3.8, 4) is 0 Å². The smallest absolute Gasteiger partial charge is 0.271 e. The zero-order chi connectivity index (χ0) is 13.9. The predicted octanol–water partition coefficient (Wildman–Crippen LogP) is -0.612. The van der Waals surface area contributed by atoms with Gasteiger partial charge in [0.05, 0.1) is 6.54 Å². The first kappa shape index (κ1) is 13.7. The summed E-state index contributed by atoms with van der Waals surface area (Å²) in [5.74, 6) is 1.26. The number of rotatable bonds is 6. The van der Waals surface area contributed by atoms with E-state index < -0.39 is 10.0 Å². The highest BCUT2D eigenvalue weighted by molar-refractivity contribution is 7.89. The Morgan fingerprint density at radius 2 is 2.26 bits per heavy atom. The van der Waals surface area contributed by atoms with Crippen LogP contribution in [0.2, 0.25) is 0 Å². The Kier molecular flexibility index (Phi) is 3.98. The highest BCUT2D eigenvalue weighted by Gasteiger charge is 2.12. The summed E-state index contributed by atoms with van der Waals surface area (Å²) in [6, 6.07) is 2.92. The number of nitrogens with two attached hydrogens (primary N) is 1. The molecule has 2 rings (SSSR count). The predicted molar refractivity (Wildman–Crippen MR) is 66.5 cm³/mol. The molecule has 0 radical (unpaired) electrons. The topological polar surface area (TPSA) is 116 Å². The lowest BCUT2D eigenvalue weighted by atomic mass is 10.4. The van der Waals surface area contributed by atoms with Gasteiger partial charge < -0.3 is 9.73 Å². The largest absolute Gasteiger partial charge is 0.447 e. The first-order valence-corrected chi connectivity index (χ1v) is 7.16. The minimum Gasteiger partial charge on any atom is -0.447 e. The van der Waals surface area contributed by atoms with E-state index in [-0.39, 0.29) is 5.09 Å². The number of hydrogen-bond acceptors (Lipinski definition) is 6. The third kappa shape index (κ3) is 3.88. The Morgan fingerprint density at radius 1 is 1.47 bits per heavy atom. The van der Waals surface area contributed by atoms with Gasteiger partial charge in [-0.25, -0.2) is 18.5 Å². The molecule has 0 aliphatic carbocycles. The van der Waals surface area contributed by atoms with Gasteiger partial charge in [-0.05, 0) is 12.1 Å². The number of aromatic nitrogens is 3. The molecule has 9 heteroatoms. The minimum absolute atomic E-state index is 0.226. The summed E-state index contributed by atoms with van der Waals surface area (Å²) in [6.07, 6.45) is 2.32. The van der Waals surface area contributed by atoms with Gasteiger partial charge in [-0.3, -0.25) is 4.68 Å². The van der Waals surface area contributed by atoms with Crippen LogP contribution >= 0.6 is 0 Å². The van der Waals surface area contributed by atoms with E-state index in [0.717, 1.165) is 5.82 Å². The number of nitrogens with zero attached hydrogens (tertiary/aromatic N) is 3. The summed E-state index contributed by atoms with van der Waals surface area (Å²) in [6.45, 7) is 1.08. The molecule has 104 valence electrons. The molecule has 8 nitrogen and oxygen atoms in total. The van der Waals surface area contributed by atoms with Gasteiger partial charge in [-0.2, -0.15) is 5.10 Å². The molecule has 0 aromatic carbocycles. The molecular formula is C10H15N5O3S. The van der Waals surface area contributed by atoms with Crippen LogP contribution in [-0.2, 0) is 30.0 Å². The Morgan fingerprint density at radius 3 is 2.84 bits per heavy atom. The number of furan rings is 1. The van der Waals surface area contributed by atoms with E-state index in [1.807, 2.05) is 7.05 Å². The zero-order valence-electron chi connectivity index (χ0n) is 10.4. The maximum Gasteiger partial charge on any atom is 0.271 e. The molecular weight excluding hydrogens is 270 g/mol. The molecule has 0 bridgehead atoms. The fraction of sp³-hybridized carbons (Fsp3) is 0.400. The van der Waals surface area contributed by atoms with E-state index >= 15 is 0 Å². The van der Waals surface area contributed by atoms with Gasteiger partial charge in [0.2, 0.25) is 5.09 Å². The molecule has 2 heterocycles. The monoisotopic (exact) mass is 285 g/mol. The molecule has 0 aliphatic heterocycles. The molecule has 0 unspecified atom stereocenters. The number of aryl methyl sites for hydroxylation is 1. The van der Waals surface area contributed by atoms with E-state index in [9.17, 15) is 8.42 Å². The van der Waals surface area contributed by atoms with Crippen molar-refractivity contribution in [1.82, 2.24) is 20.1 Å². The minimum atomic E-state index is -3.77. The lowest BCUT2D eigenvalue weighted by Gasteiger charge is -2.00. The summed E-state index contributed by atoms with van der Waals surface area (Å²) in [5.41, 5.74) is 0. The third-order valence-electron chi connectivity index (χ3n) is 2.39. The van der Waals surface area contributed by atoms with E-state index in [2.05, 4.69) is 15.4 Å². The molecule has 0 saturated heterocycles. The Labute approximate surface area is 110 Å². The summed E-state index contributed by atoms with van der Waals surface area (Å²) < 4.78 is 28.7. The van der Waals surface area contributed by atoms with Gasteiger partial charge in [0.15, 0.2) is 5.82 Å². The van der Waals surface area contributed by atoms with Crippen LogP contribution in [0.4, 0.5) is 0 Å². The quantitative estimate of drug-likeness (QED) is 0.684. The van der Waals surface area contributed by atoms with Gasteiger partial charge in [-0.1, -0.05) is 0 Å². The highest BCUT2D eigenvalue weighted by Crippen LogP contribution is 2.11. The van der Waals surface area contributed by atoms with Crippen molar-refractivity contribution in [1.29, 1.82) is 0 Å². The van der Waals surface area contributed by atoms with Crippen LogP contribution in [0.15, 0.2) is 28.0 Å². The molecule has 2 aromatic rings. The highest BCUT2D eigenvalue weighted by atomic mass is 32.2. The van der Waals surface area contributed by atoms with Crippen molar-refractivity contribution < 1.29 is 12.8 Å². The SMILES string of the molecule is Cn1cnc(CCNCc2ccc(S(N)(=O)=O)o2)n1. The third-order valence-corrected chi connectivity index (χ3v) is 3.17. The van der Waals surface area contributed by atoms with E-state index in [4.69, 9.17) is 9.56 Å². The zero-order valence-corrected chi connectivity index (χ0v) is 11.2. The van der Waals surface area contributed by atoms with Gasteiger partial charge in [-0.15, -0.1) is 0 Å². The molecule has 3 N–H and O–H groups in total. The number of sulfonamides is 1. The summed E-state index contributed by atoms with van der Waals surface area (Å²) in [4.78, 5) is 4.09. The summed E-state index contributed by atoms with van der Waals surface area (Å²) in [7, 11) is -1.96. The fourth-order valence-electron chi connectivity index (χ4n) is 1.52. The van der Waals surface area contributed by atoms with Crippen molar-refractivity contribution in [3.05, 3.63) is 30.0 Å². The molecule has 0 fully saturated rings. The van der Waals surface area contributed by atoms with Gasteiger partial charge >= 0.3 is 0 Å². The second-order valence-corrected chi connectivity index (χ2v) is 5.52. The van der Waals surface area contributed by atoms with E-state index in [0.29, 0.717) is 25.3 Å². The number of primary sulfonamides is 1. The average molecular weight is 285 g/mol. The second-order valence-electron chi connectivity index (χ2n) is 4.03. The first-order chi connectivity index (χ1) is 8.95. The van der Waals surface area contributed by atoms with Crippen LogP contribution in [0.3, 0.4) is 0 Å². The van der Waals surface area contributed by atoms with Crippen LogP contribution < -0.4 is 10.5 Å². The number of hydrogen-bond donors (Lipinski definition) is 2. The van der Waals surface area contributed by atoms with Gasteiger partial charge in [0, 0.05) is 20.0 Å². The van der Waals surface area contributed by atoms with Crippen LogP contribution in [0.1, 0.15) is 11.6 Å². The average Bonchev–Trinajstić information content (AvgIpc) is 2.93. The molecule has 0 spiro atoms. The van der Waals surface area contributed by atoms with Crippen LogP contribution in [-0.4, -0.2) is 29.7 Å². The van der Waals surface area contributed by atoms with Crippen molar-refractivity contribution in [2.24, 2.45) is 12.2 Å². The molecule has 0 saturated carbocycles. The van der Waals surface area contributed by atoms with Crippen molar-refractivity contribution in [3.63, 3.8) is 0 Å². The van der Waals surface area contributed by atoms with Crippen molar-refractivity contribution in [2.45, 2.75) is 18.1 Å². The van der Waals surface area contributed by atoms with Crippen molar-refractivity contribution in [2.75, 3.05) is 6.54 Å². The van der Waals surface area contributed by atoms with E-state index in [1.54, 1.807) is 17.1 Å². The molecule has 0 amide bonds. The first-order valence-electron chi connectivity index (χ1n) is 5.62. The second kappa shape index (κ2) is 5.51. The number of nitrogens with one attached hydrogen (secondary N) is 1. The Bertz CT molecular complexity index is 646. The van der Waals surface area contributed by atoms with Crippen LogP contribution in [0.25, 0.3) is 0 Å².